The van der Waals surface area contributed by atoms with Crippen LogP contribution in [-0.2, 0) is 4.79 Å². The third-order valence-corrected chi connectivity index (χ3v) is 2.63. The van der Waals surface area contributed by atoms with Gasteiger partial charge in [-0.05, 0) is 11.7 Å². The van der Waals surface area contributed by atoms with Crippen LogP contribution in [0.3, 0.4) is 0 Å². The van der Waals surface area contributed by atoms with Gasteiger partial charge in [0.2, 0.25) is 5.91 Å². The molecule has 0 spiro atoms. The molecule has 1 atom stereocenters. The number of amides is 1. The number of aromatic nitrogens is 1. The molecular weight excluding hydrogens is 188 g/mol. The first-order valence-corrected chi connectivity index (χ1v) is 4.75. The molecule has 1 saturated heterocycles. The summed E-state index contributed by atoms with van der Waals surface area (Å²) in [5.41, 5.74) is 0. The van der Waals surface area contributed by atoms with Gasteiger partial charge in [0.25, 0.3) is 0 Å². The summed E-state index contributed by atoms with van der Waals surface area (Å²) in [6.45, 7) is 0.669. The van der Waals surface area contributed by atoms with Gasteiger partial charge in [-0.25, -0.2) is 4.98 Å². The lowest BCUT2D eigenvalue weighted by molar-refractivity contribution is -0.117. The maximum atomic E-state index is 11.4. The maximum absolute atomic E-state index is 11.4. The minimum absolute atomic E-state index is 0.0708. The highest BCUT2D eigenvalue weighted by Gasteiger charge is 2.31. The molecule has 1 aliphatic heterocycles. The quantitative estimate of drug-likeness (QED) is 0.720. The summed E-state index contributed by atoms with van der Waals surface area (Å²) in [5.74, 6) is 1.12. The summed E-state index contributed by atoms with van der Waals surface area (Å²) < 4.78 is 5.05. The Bertz CT molecular complexity index is 299. The van der Waals surface area contributed by atoms with E-state index in [2.05, 4.69) is 17.6 Å². The molecule has 4 nitrogen and oxygen atoms in total. The summed E-state index contributed by atoms with van der Waals surface area (Å²) in [4.78, 5) is 16.9. The van der Waals surface area contributed by atoms with E-state index in [9.17, 15) is 4.79 Å². The molecule has 0 radical (unpaired) electrons. The predicted octanol–water partition coefficient (Wildman–Crippen LogP) is 0.957. The Morgan fingerprint density at radius 1 is 1.77 bits per heavy atom. The van der Waals surface area contributed by atoms with Crippen LogP contribution in [-0.4, -0.2) is 23.2 Å². The SMILES string of the molecule is O=C1CC(CS)CN1c1ncco1. The molecule has 5 heteroatoms. The number of hydrogen-bond acceptors (Lipinski definition) is 4. The molecule has 13 heavy (non-hydrogen) atoms. The lowest BCUT2D eigenvalue weighted by Crippen LogP contribution is -2.24. The minimum atomic E-state index is 0.0708. The first kappa shape index (κ1) is 8.62. The topological polar surface area (TPSA) is 46.3 Å². The number of nitrogens with zero attached hydrogens (tertiary/aromatic N) is 2. The van der Waals surface area contributed by atoms with E-state index in [0.29, 0.717) is 24.9 Å². The highest BCUT2D eigenvalue weighted by atomic mass is 32.1. The van der Waals surface area contributed by atoms with Gasteiger partial charge in [0, 0.05) is 13.0 Å². The van der Waals surface area contributed by atoms with Crippen molar-refractivity contribution in [2.45, 2.75) is 6.42 Å². The van der Waals surface area contributed by atoms with Crippen LogP contribution in [0.2, 0.25) is 0 Å². The smallest absolute Gasteiger partial charge is 0.303 e. The molecule has 2 heterocycles. The average molecular weight is 198 g/mol. The van der Waals surface area contributed by atoms with Gasteiger partial charge in [-0.3, -0.25) is 9.69 Å². The Hall–Kier alpha value is -0.970. The van der Waals surface area contributed by atoms with Gasteiger partial charge in [-0.15, -0.1) is 0 Å². The van der Waals surface area contributed by atoms with Crippen LogP contribution in [0, 0.1) is 5.92 Å². The standard InChI is InChI=1S/C8H10N2O2S/c11-7-3-6(5-13)4-10(7)8-9-1-2-12-8/h1-2,6,13H,3-5H2. The van der Waals surface area contributed by atoms with Crippen LogP contribution in [0.5, 0.6) is 0 Å². The number of carbonyl (C=O) groups is 1. The number of rotatable bonds is 2. The molecule has 0 N–H and O–H groups in total. The summed E-state index contributed by atoms with van der Waals surface area (Å²) in [6, 6.07) is 0.397. The Kier molecular flexibility index (Phi) is 2.26. The fraction of sp³-hybridized carbons (Fsp3) is 0.500. The van der Waals surface area contributed by atoms with Crippen molar-refractivity contribution in [1.29, 1.82) is 0 Å². The van der Waals surface area contributed by atoms with E-state index < -0.39 is 0 Å². The fourth-order valence-corrected chi connectivity index (χ4v) is 1.68. The zero-order valence-electron chi connectivity index (χ0n) is 7.01. The van der Waals surface area contributed by atoms with E-state index in [1.165, 1.54) is 12.5 Å². The van der Waals surface area contributed by atoms with Crippen molar-refractivity contribution in [3.63, 3.8) is 0 Å². The van der Waals surface area contributed by atoms with Gasteiger partial charge in [-0.1, -0.05) is 0 Å². The summed E-state index contributed by atoms with van der Waals surface area (Å²) >= 11 is 4.16. The minimum Gasteiger partial charge on any atom is -0.432 e. The van der Waals surface area contributed by atoms with Crippen molar-refractivity contribution in [2.24, 2.45) is 5.92 Å². The molecule has 1 unspecified atom stereocenters. The second-order valence-corrected chi connectivity index (χ2v) is 3.44. The third kappa shape index (κ3) is 1.56. The molecule has 1 aliphatic rings. The molecule has 0 bridgehead atoms. The second kappa shape index (κ2) is 3.41. The first-order valence-electron chi connectivity index (χ1n) is 4.12. The van der Waals surface area contributed by atoms with E-state index in [4.69, 9.17) is 4.42 Å². The van der Waals surface area contributed by atoms with E-state index in [1.807, 2.05) is 0 Å². The van der Waals surface area contributed by atoms with Crippen LogP contribution in [0.25, 0.3) is 0 Å². The van der Waals surface area contributed by atoms with Gasteiger partial charge in [0.1, 0.15) is 6.26 Å². The molecular formula is C8H10N2O2S. The van der Waals surface area contributed by atoms with E-state index in [1.54, 1.807) is 4.90 Å². The van der Waals surface area contributed by atoms with Crippen LogP contribution in [0.15, 0.2) is 16.9 Å². The van der Waals surface area contributed by atoms with Crippen molar-refractivity contribution >= 4 is 24.6 Å². The van der Waals surface area contributed by atoms with Crippen molar-refractivity contribution in [3.05, 3.63) is 12.5 Å². The Morgan fingerprint density at radius 3 is 3.15 bits per heavy atom. The summed E-state index contributed by atoms with van der Waals surface area (Å²) in [6.07, 6.45) is 3.55. The van der Waals surface area contributed by atoms with Gasteiger partial charge in [0.05, 0.1) is 6.20 Å². The number of anilines is 1. The van der Waals surface area contributed by atoms with E-state index in [-0.39, 0.29) is 5.91 Å². The lowest BCUT2D eigenvalue weighted by Gasteiger charge is -2.09. The normalized spacial score (nSPS) is 22.7. The molecule has 70 valence electrons. The van der Waals surface area contributed by atoms with E-state index >= 15 is 0 Å². The molecule has 2 rings (SSSR count). The van der Waals surface area contributed by atoms with Gasteiger partial charge in [0.15, 0.2) is 0 Å². The molecule has 1 aromatic heterocycles. The third-order valence-electron chi connectivity index (χ3n) is 2.11. The van der Waals surface area contributed by atoms with Gasteiger partial charge >= 0.3 is 6.01 Å². The maximum Gasteiger partial charge on any atom is 0.303 e. The molecule has 0 saturated carbocycles. The van der Waals surface area contributed by atoms with Crippen molar-refractivity contribution in [3.8, 4) is 0 Å². The molecule has 1 fully saturated rings. The zero-order valence-corrected chi connectivity index (χ0v) is 7.91. The lowest BCUT2D eigenvalue weighted by atomic mass is 10.1. The van der Waals surface area contributed by atoms with E-state index in [0.717, 1.165) is 5.75 Å². The Balaban J connectivity index is 2.14. The number of carbonyl (C=O) groups excluding carboxylic acids is 1. The van der Waals surface area contributed by atoms with Crippen LogP contribution >= 0.6 is 12.6 Å². The van der Waals surface area contributed by atoms with Crippen LogP contribution in [0.1, 0.15) is 6.42 Å². The number of thiol groups is 1. The highest BCUT2D eigenvalue weighted by molar-refractivity contribution is 7.80. The molecule has 1 aromatic rings. The summed E-state index contributed by atoms with van der Waals surface area (Å²) in [7, 11) is 0. The zero-order chi connectivity index (χ0) is 9.26. The van der Waals surface area contributed by atoms with Crippen LogP contribution in [0.4, 0.5) is 6.01 Å². The predicted molar refractivity (Wildman–Crippen MR) is 50.8 cm³/mol. The van der Waals surface area contributed by atoms with Crippen molar-refractivity contribution in [2.75, 3.05) is 17.2 Å². The van der Waals surface area contributed by atoms with Gasteiger partial charge in [-0.2, -0.15) is 12.6 Å². The summed E-state index contributed by atoms with van der Waals surface area (Å²) in [5, 5.41) is 0. The average Bonchev–Trinajstić information content (AvgIpc) is 2.72. The molecule has 1 amide bonds. The van der Waals surface area contributed by atoms with Gasteiger partial charge < -0.3 is 4.42 Å². The largest absolute Gasteiger partial charge is 0.432 e. The number of hydrogen-bond donors (Lipinski definition) is 1. The first-order chi connectivity index (χ1) is 6.31. The fourth-order valence-electron chi connectivity index (χ4n) is 1.44. The van der Waals surface area contributed by atoms with Crippen LogP contribution < -0.4 is 4.90 Å². The monoisotopic (exact) mass is 198 g/mol. The molecule has 0 aliphatic carbocycles. The Morgan fingerprint density at radius 2 is 2.62 bits per heavy atom. The Labute approximate surface area is 81.3 Å². The second-order valence-electron chi connectivity index (χ2n) is 3.07. The highest BCUT2D eigenvalue weighted by Crippen LogP contribution is 2.23. The van der Waals surface area contributed by atoms with Crippen molar-refractivity contribution in [1.82, 2.24) is 4.98 Å². The molecule has 0 aromatic carbocycles. The van der Waals surface area contributed by atoms with Crippen molar-refractivity contribution < 1.29 is 9.21 Å². The number of oxazole rings is 1.